The third-order valence-corrected chi connectivity index (χ3v) is 5.31. The lowest BCUT2D eigenvalue weighted by Crippen LogP contribution is -2.36. The Morgan fingerprint density at radius 1 is 1.33 bits per heavy atom. The van der Waals surface area contributed by atoms with Crippen molar-refractivity contribution >= 4 is 5.91 Å². The molecule has 0 radical (unpaired) electrons. The van der Waals surface area contributed by atoms with Gasteiger partial charge in [-0.3, -0.25) is 9.48 Å². The van der Waals surface area contributed by atoms with E-state index in [1.165, 1.54) is 32.1 Å². The molecule has 1 saturated heterocycles. The van der Waals surface area contributed by atoms with Crippen LogP contribution in [0.4, 0.5) is 0 Å². The average Bonchev–Trinajstić information content (AvgIpc) is 3.12. The van der Waals surface area contributed by atoms with E-state index in [2.05, 4.69) is 17.0 Å². The zero-order chi connectivity index (χ0) is 16.8. The molecule has 1 aromatic heterocycles. The highest BCUT2D eigenvalue weighted by atomic mass is 16.2. The smallest absolute Gasteiger partial charge is 0.274 e. The van der Waals surface area contributed by atoms with Gasteiger partial charge in [0, 0.05) is 25.8 Å². The number of hydrogen-bond acceptors (Lipinski definition) is 3. The van der Waals surface area contributed by atoms with Crippen LogP contribution in [0.15, 0.2) is 24.9 Å². The maximum atomic E-state index is 12.9. The summed E-state index contributed by atoms with van der Waals surface area (Å²) in [5, 5.41) is 7.98. The molecule has 5 nitrogen and oxygen atoms in total. The van der Waals surface area contributed by atoms with Crippen molar-refractivity contribution in [2.75, 3.05) is 26.2 Å². The predicted molar refractivity (Wildman–Crippen MR) is 96.0 cm³/mol. The summed E-state index contributed by atoms with van der Waals surface area (Å²) < 4.78 is 1.96. The largest absolute Gasteiger partial charge is 0.333 e. The molecule has 24 heavy (non-hydrogen) atoms. The van der Waals surface area contributed by atoms with Crippen molar-refractivity contribution in [1.29, 1.82) is 0 Å². The van der Waals surface area contributed by atoms with Crippen molar-refractivity contribution in [3.8, 4) is 0 Å². The summed E-state index contributed by atoms with van der Waals surface area (Å²) in [4.78, 5) is 14.8. The second-order valence-electron chi connectivity index (χ2n) is 7.18. The van der Waals surface area contributed by atoms with E-state index < -0.39 is 0 Å². The van der Waals surface area contributed by atoms with Crippen LogP contribution in [0, 0.1) is 5.92 Å². The van der Waals surface area contributed by atoms with Crippen LogP contribution < -0.4 is 5.32 Å². The summed E-state index contributed by atoms with van der Waals surface area (Å²) in [5.41, 5.74) is 0.568. The first kappa shape index (κ1) is 17.2. The minimum atomic E-state index is 0.0444. The standard InChI is InChI=1S/C19H30N4O/c1-2-12-22(15-16-7-4-3-5-8-16)19(24)18-10-13-23(21-18)17-9-6-11-20-14-17/h2,10,13,16-17,20H,1,3-9,11-12,14-15H2. The lowest BCUT2D eigenvalue weighted by molar-refractivity contribution is 0.0728. The minimum Gasteiger partial charge on any atom is -0.333 e. The highest BCUT2D eigenvalue weighted by Gasteiger charge is 2.24. The Morgan fingerprint density at radius 3 is 2.88 bits per heavy atom. The molecular weight excluding hydrogens is 300 g/mol. The second-order valence-corrected chi connectivity index (χ2v) is 7.18. The van der Waals surface area contributed by atoms with Crippen LogP contribution in [0.25, 0.3) is 0 Å². The van der Waals surface area contributed by atoms with Crippen molar-refractivity contribution in [3.63, 3.8) is 0 Å². The van der Waals surface area contributed by atoms with Crippen LogP contribution in [0.1, 0.15) is 61.5 Å². The molecule has 0 aromatic carbocycles. The molecule has 0 bridgehead atoms. The van der Waals surface area contributed by atoms with E-state index in [0.717, 1.165) is 32.5 Å². The Bertz CT molecular complexity index is 541. The summed E-state index contributed by atoms with van der Waals surface area (Å²) in [5.74, 6) is 0.676. The normalized spacial score (nSPS) is 22.2. The van der Waals surface area contributed by atoms with Crippen LogP contribution in [-0.2, 0) is 0 Å². The molecule has 2 fully saturated rings. The molecule has 2 heterocycles. The fourth-order valence-corrected chi connectivity index (χ4v) is 3.95. The fourth-order valence-electron chi connectivity index (χ4n) is 3.95. The van der Waals surface area contributed by atoms with Gasteiger partial charge in [-0.15, -0.1) is 6.58 Å². The van der Waals surface area contributed by atoms with Crippen LogP contribution in [0.3, 0.4) is 0 Å². The van der Waals surface area contributed by atoms with E-state index in [0.29, 0.717) is 24.2 Å². The minimum absolute atomic E-state index is 0.0444. The Kier molecular flexibility index (Phi) is 6.07. The van der Waals surface area contributed by atoms with Crippen LogP contribution >= 0.6 is 0 Å². The maximum Gasteiger partial charge on any atom is 0.274 e. The Hall–Kier alpha value is -1.62. The molecule has 5 heteroatoms. The van der Waals surface area contributed by atoms with Gasteiger partial charge in [0.15, 0.2) is 0 Å². The molecule has 1 saturated carbocycles. The van der Waals surface area contributed by atoms with E-state index in [-0.39, 0.29) is 5.91 Å². The van der Waals surface area contributed by atoms with Crippen molar-refractivity contribution in [2.24, 2.45) is 5.92 Å². The predicted octanol–water partition coefficient (Wildman–Crippen LogP) is 3.02. The molecule has 0 spiro atoms. The SMILES string of the molecule is C=CCN(CC1CCCCC1)C(=O)c1ccn(C2CCCNC2)n1. The van der Waals surface area contributed by atoms with Crippen LogP contribution in [0.2, 0.25) is 0 Å². The molecule has 1 N–H and O–H groups in total. The molecule has 2 aliphatic rings. The van der Waals surface area contributed by atoms with Gasteiger partial charge in [0.1, 0.15) is 5.69 Å². The molecular formula is C19H30N4O. The average molecular weight is 330 g/mol. The molecule has 3 rings (SSSR count). The summed E-state index contributed by atoms with van der Waals surface area (Å²) >= 11 is 0. The van der Waals surface area contributed by atoms with Gasteiger partial charge in [-0.05, 0) is 44.2 Å². The van der Waals surface area contributed by atoms with Gasteiger partial charge in [0.25, 0.3) is 5.91 Å². The third-order valence-electron chi connectivity index (χ3n) is 5.31. The number of rotatable bonds is 6. The molecule has 1 aliphatic carbocycles. The molecule has 1 aliphatic heterocycles. The topological polar surface area (TPSA) is 50.2 Å². The first-order valence-corrected chi connectivity index (χ1v) is 9.44. The Balaban J connectivity index is 1.65. The second kappa shape index (κ2) is 8.47. The van der Waals surface area contributed by atoms with Gasteiger partial charge in [-0.1, -0.05) is 25.3 Å². The summed E-state index contributed by atoms with van der Waals surface area (Å²) in [6.45, 7) is 7.28. The van der Waals surface area contributed by atoms with Crippen LogP contribution in [-0.4, -0.2) is 46.8 Å². The molecule has 1 unspecified atom stereocenters. The van der Waals surface area contributed by atoms with Crippen molar-refractivity contribution in [2.45, 2.75) is 51.0 Å². The Labute approximate surface area is 145 Å². The maximum absolute atomic E-state index is 12.9. The van der Waals surface area contributed by atoms with E-state index >= 15 is 0 Å². The number of amides is 1. The number of carbonyl (C=O) groups excluding carboxylic acids is 1. The van der Waals surface area contributed by atoms with Gasteiger partial charge in [0.05, 0.1) is 6.04 Å². The number of aromatic nitrogens is 2. The number of piperidine rings is 1. The zero-order valence-corrected chi connectivity index (χ0v) is 14.6. The number of hydrogen-bond donors (Lipinski definition) is 1. The van der Waals surface area contributed by atoms with Gasteiger partial charge >= 0.3 is 0 Å². The quantitative estimate of drug-likeness (QED) is 0.816. The monoisotopic (exact) mass is 330 g/mol. The highest BCUT2D eigenvalue weighted by Crippen LogP contribution is 2.25. The lowest BCUT2D eigenvalue weighted by Gasteiger charge is -2.28. The van der Waals surface area contributed by atoms with E-state index in [4.69, 9.17) is 0 Å². The van der Waals surface area contributed by atoms with Gasteiger partial charge in [0.2, 0.25) is 0 Å². The summed E-state index contributed by atoms with van der Waals surface area (Å²) in [6.07, 6.45) is 12.5. The van der Waals surface area contributed by atoms with E-state index in [9.17, 15) is 4.79 Å². The lowest BCUT2D eigenvalue weighted by atomic mass is 9.89. The van der Waals surface area contributed by atoms with E-state index in [1.807, 2.05) is 27.9 Å². The van der Waals surface area contributed by atoms with Crippen molar-refractivity contribution in [1.82, 2.24) is 20.0 Å². The Morgan fingerprint density at radius 2 is 2.17 bits per heavy atom. The third kappa shape index (κ3) is 4.26. The van der Waals surface area contributed by atoms with Crippen molar-refractivity contribution < 1.29 is 4.79 Å². The molecule has 1 amide bonds. The van der Waals surface area contributed by atoms with Crippen LogP contribution in [0.5, 0.6) is 0 Å². The highest BCUT2D eigenvalue weighted by molar-refractivity contribution is 5.92. The number of carbonyl (C=O) groups is 1. The number of nitrogens with zero attached hydrogens (tertiary/aromatic N) is 3. The molecule has 1 atom stereocenters. The zero-order valence-electron chi connectivity index (χ0n) is 14.6. The molecule has 1 aromatic rings. The van der Waals surface area contributed by atoms with Gasteiger partial charge in [-0.25, -0.2) is 0 Å². The molecule has 132 valence electrons. The van der Waals surface area contributed by atoms with Crippen molar-refractivity contribution in [3.05, 3.63) is 30.6 Å². The van der Waals surface area contributed by atoms with Gasteiger partial charge in [-0.2, -0.15) is 5.10 Å². The first-order valence-electron chi connectivity index (χ1n) is 9.44. The summed E-state index contributed by atoms with van der Waals surface area (Å²) in [7, 11) is 0. The van der Waals surface area contributed by atoms with Gasteiger partial charge < -0.3 is 10.2 Å². The first-order chi connectivity index (χ1) is 11.8. The fraction of sp³-hybridized carbons (Fsp3) is 0.684. The summed E-state index contributed by atoms with van der Waals surface area (Å²) in [6, 6.07) is 2.24. The van der Waals surface area contributed by atoms with E-state index in [1.54, 1.807) is 0 Å². The number of nitrogens with one attached hydrogen (secondary N) is 1.